The molecule has 1 aromatic rings. The fourth-order valence-corrected chi connectivity index (χ4v) is 2.51. The van der Waals surface area contributed by atoms with Gasteiger partial charge in [0.1, 0.15) is 5.69 Å². The molecule has 0 N–H and O–H groups in total. The summed E-state index contributed by atoms with van der Waals surface area (Å²) < 4.78 is 0. The van der Waals surface area contributed by atoms with Crippen LogP contribution < -0.4 is 0 Å². The van der Waals surface area contributed by atoms with Gasteiger partial charge in [0.25, 0.3) is 5.91 Å². The maximum Gasteiger partial charge on any atom is 0.274 e. The van der Waals surface area contributed by atoms with Crippen LogP contribution in [-0.2, 0) is 4.79 Å². The van der Waals surface area contributed by atoms with Gasteiger partial charge in [-0.05, 0) is 19.3 Å². The molecule has 2 rings (SSSR count). The van der Waals surface area contributed by atoms with Crippen molar-refractivity contribution in [1.29, 1.82) is 0 Å². The smallest absolute Gasteiger partial charge is 0.274 e. The van der Waals surface area contributed by atoms with Gasteiger partial charge >= 0.3 is 0 Å². The second-order valence-corrected chi connectivity index (χ2v) is 5.22. The van der Waals surface area contributed by atoms with Crippen LogP contribution in [0, 0.1) is 0 Å². The first-order valence-electron chi connectivity index (χ1n) is 7.55. The number of amides is 2. The largest absolute Gasteiger partial charge is 0.343 e. The van der Waals surface area contributed by atoms with Gasteiger partial charge in [0.15, 0.2) is 0 Å². The minimum absolute atomic E-state index is 0.139. The molecular weight excluding hydrogens is 268 g/mol. The molecule has 0 bridgehead atoms. The molecule has 0 spiro atoms. The maximum atomic E-state index is 12.4. The lowest BCUT2D eigenvalue weighted by Gasteiger charge is -2.23. The van der Waals surface area contributed by atoms with Crippen molar-refractivity contribution in [2.24, 2.45) is 0 Å². The lowest BCUT2D eigenvalue weighted by atomic mass is 10.3. The normalized spacial score (nSPS) is 14.2. The van der Waals surface area contributed by atoms with Gasteiger partial charge in [0.2, 0.25) is 5.91 Å². The van der Waals surface area contributed by atoms with Gasteiger partial charge in [-0.2, -0.15) is 0 Å². The first-order chi connectivity index (χ1) is 10.2. The highest BCUT2D eigenvalue weighted by Gasteiger charge is 2.21. The molecule has 1 aromatic heterocycles. The summed E-state index contributed by atoms with van der Waals surface area (Å²) in [7, 11) is 0. The van der Waals surface area contributed by atoms with Crippen LogP contribution in [0.2, 0.25) is 0 Å². The Balaban J connectivity index is 1.92. The SMILES string of the molecule is CCCN(CCC(=O)N1CCCC1)C(=O)c1cnccn1. The van der Waals surface area contributed by atoms with E-state index in [1.54, 1.807) is 4.90 Å². The van der Waals surface area contributed by atoms with E-state index >= 15 is 0 Å². The monoisotopic (exact) mass is 290 g/mol. The number of hydrogen-bond acceptors (Lipinski definition) is 4. The Morgan fingerprint density at radius 3 is 2.62 bits per heavy atom. The standard InChI is InChI=1S/C15H22N4O2/c1-2-8-19(15(21)13-12-16-6-7-17-13)11-5-14(20)18-9-3-4-10-18/h6-7,12H,2-5,8-11H2,1H3. The molecule has 2 heterocycles. The molecule has 1 fully saturated rings. The second kappa shape index (κ2) is 7.71. The summed E-state index contributed by atoms with van der Waals surface area (Å²) in [5.74, 6) is -0.0141. The van der Waals surface area contributed by atoms with Crippen LogP contribution in [0.1, 0.15) is 43.1 Å². The highest BCUT2D eigenvalue weighted by molar-refractivity contribution is 5.92. The summed E-state index contributed by atoms with van der Waals surface area (Å²) in [6, 6.07) is 0. The molecule has 0 radical (unpaired) electrons. The van der Waals surface area contributed by atoms with Gasteiger partial charge in [0.05, 0.1) is 6.20 Å². The van der Waals surface area contributed by atoms with E-state index in [9.17, 15) is 9.59 Å². The number of carbonyl (C=O) groups excluding carboxylic acids is 2. The Hall–Kier alpha value is -1.98. The zero-order valence-electron chi connectivity index (χ0n) is 12.5. The molecular formula is C15H22N4O2. The fourth-order valence-electron chi connectivity index (χ4n) is 2.51. The number of rotatable bonds is 6. The van der Waals surface area contributed by atoms with Crippen LogP contribution in [0.5, 0.6) is 0 Å². The van der Waals surface area contributed by atoms with E-state index in [0.717, 1.165) is 32.4 Å². The van der Waals surface area contributed by atoms with Crippen molar-refractivity contribution in [3.8, 4) is 0 Å². The van der Waals surface area contributed by atoms with E-state index in [1.807, 2.05) is 11.8 Å². The highest BCUT2D eigenvalue weighted by Crippen LogP contribution is 2.10. The zero-order chi connectivity index (χ0) is 15.1. The molecule has 0 saturated carbocycles. The van der Waals surface area contributed by atoms with Crippen molar-refractivity contribution in [2.45, 2.75) is 32.6 Å². The Morgan fingerprint density at radius 1 is 1.24 bits per heavy atom. The van der Waals surface area contributed by atoms with Crippen molar-refractivity contribution >= 4 is 11.8 Å². The molecule has 2 amide bonds. The molecule has 0 aromatic carbocycles. The first-order valence-corrected chi connectivity index (χ1v) is 7.55. The Kier molecular flexibility index (Phi) is 5.66. The van der Waals surface area contributed by atoms with Crippen LogP contribution in [0.3, 0.4) is 0 Å². The van der Waals surface area contributed by atoms with E-state index in [4.69, 9.17) is 0 Å². The third-order valence-corrected chi connectivity index (χ3v) is 3.62. The van der Waals surface area contributed by atoms with E-state index in [2.05, 4.69) is 9.97 Å². The van der Waals surface area contributed by atoms with Crippen molar-refractivity contribution in [1.82, 2.24) is 19.8 Å². The highest BCUT2D eigenvalue weighted by atomic mass is 16.2. The summed E-state index contributed by atoms with van der Waals surface area (Å²) in [5, 5.41) is 0. The first kappa shape index (κ1) is 15.4. The van der Waals surface area contributed by atoms with Crippen molar-refractivity contribution in [2.75, 3.05) is 26.2 Å². The predicted octanol–water partition coefficient (Wildman–Crippen LogP) is 1.34. The molecule has 0 atom stereocenters. The summed E-state index contributed by atoms with van der Waals surface area (Å²) in [4.78, 5) is 36.0. The third kappa shape index (κ3) is 4.24. The number of nitrogens with zero attached hydrogens (tertiary/aromatic N) is 4. The fraction of sp³-hybridized carbons (Fsp3) is 0.600. The van der Waals surface area contributed by atoms with Gasteiger partial charge in [-0.3, -0.25) is 14.6 Å². The third-order valence-electron chi connectivity index (χ3n) is 3.62. The van der Waals surface area contributed by atoms with Gasteiger partial charge in [0, 0.05) is 45.0 Å². The molecule has 0 unspecified atom stereocenters. The summed E-state index contributed by atoms with van der Waals surface area (Å²) in [6.45, 7) is 4.79. The summed E-state index contributed by atoms with van der Waals surface area (Å²) >= 11 is 0. The van der Waals surface area contributed by atoms with Crippen LogP contribution in [-0.4, -0.2) is 57.8 Å². The van der Waals surface area contributed by atoms with Crippen LogP contribution in [0.4, 0.5) is 0 Å². The molecule has 1 saturated heterocycles. The van der Waals surface area contributed by atoms with Gasteiger partial charge in [-0.15, -0.1) is 0 Å². The van der Waals surface area contributed by atoms with Gasteiger partial charge < -0.3 is 9.80 Å². The van der Waals surface area contributed by atoms with Crippen LogP contribution >= 0.6 is 0 Å². The second-order valence-electron chi connectivity index (χ2n) is 5.22. The topological polar surface area (TPSA) is 66.4 Å². The van der Waals surface area contributed by atoms with Crippen molar-refractivity contribution < 1.29 is 9.59 Å². The zero-order valence-corrected chi connectivity index (χ0v) is 12.5. The number of likely N-dealkylation sites (tertiary alicyclic amines) is 1. The predicted molar refractivity (Wildman–Crippen MR) is 78.7 cm³/mol. The number of hydrogen-bond donors (Lipinski definition) is 0. The lowest BCUT2D eigenvalue weighted by molar-refractivity contribution is -0.130. The summed E-state index contributed by atoms with van der Waals surface area (Å²) in [5.41, 5.74) is 0.333. The van der Waals surface area contributed by atoms with Gasteiger partial charge in [-0.1, -0.05) is 6.92 Å². The lowest BCUT2D eigenvalue weighted by Crippen LogP contribution is -2.37. The van der Waals surface area contributed by atoms with Crippen LogP contribution in [0.25, 0.3) is 0 Å². The van der Waals surface area contributed by atoms with Crippen molar-refractivity contribution in [3.63, 3.8) is 0 Å². The molecule has 1 aliphatic rings. The Labute approximate surface area is 125 Å². The minimum atomic E-state index is -0.154. The number of carbonyl (C=O) groups is 2. The Bertz CT molecular complexity index is 472. The van der Waals surface area contributed by atoms with Crippen molar-refractivity contribution in [3.05, 3.63) is 24.3 Å². The molecule has 1 aliphatic heterocycles. The Morgan fingerprint density at radius 2 is 2.00 bits per heavy atom. The van der Waals surface area contributed by atoms with Crippen LogP contribution in [0.15, 0.2) is 18.6 Å². The molecule has 6 nitrogen and oxygen atoms in total. The molecule has 114 valence electrons. The molecule has 6 heteroatoms. The van der Waals surface area contributed by atoms with E-state index in [0.29, 0.717) is 25.2 Å². The average molecular weight is 290 g/mol. The van der Waals surface area contributed by atoms with E-state index in [-0.39, 0.29) is 11.8 Å². The number of aromatic nitrogens is 2. The quantitative estimate of drug-likeness (QED) is 0.793. The minimum Gasteiger partial charge on any atom is -0.343 e. The van der Waals surface area contributed by atoms with E-state index < -0.39 is 0 Å². The summed E-state index contributed by atoms with van der Waals surface area (Å²) in [6.07, 6.45) is 7.92. The maximum absolute atomic E-state index is 12.4. The molecule has 21 heavy (non-hydrogen) atoms. The average Bonchev–Trinajstić information content (AvgIpc) is 3.06. The van der Waals surface area contributed by atoms with E-state index in [1.165, 1.54) is 18.6 Å². The molecule has 0 aliphatic carbocycles. The van der Waals surface area contributed by atoms with Gasteiger partial charge in [-0.25, -0.2) is 4.98 Å².